The third-order valence-corrected chi connectivity index (χ3v) is 3.50. The summed E-state index contributed by atoms with van der Waals surface area (Å²) in [5.74, 6) is -1.13. The number of hydrogen-bond donors (Lipinski definition) is 2. The second-order valence-electron chi connectivity index (χ2n) is 5.02. The summed E-state index contributed by atoms with van der Waals surface area (Å²) in [6.07, 6.45) is 0. The SMILES string of the molecule is CCOC(=O)c1ccc(OCC(=O)NNC(=O)c2ccccc2Cl)cc1. The molecule has 0 aliphatic heterocycles. The maximum atomic E-state index is 11.9. The lowest BCUT2D eigenvalue weighted by atomic mass is 10.2. The van der Waals surface area contributed by atoms with Crippen LogP contribution in [-0.2, 0) is 9.53 Å². The molecule has 0 aliphatic carbocycles. The van der Waals surface area contributed by atoms with E-state index in [2.05, 4.69) is 10.9 Å². The zero-order valence-corrected chi connectivity index (χ0v) is 14.7. The number of carbonyl (C=O) groups excluding carboxylic acids is 3. The van der Waals surface area contributed by atoms with Crippen LogP contribution in [0, 0.1) is 0 Å². The van der Waals surface area contributed by atoms with Crippen LogP contribution in [0.5, 0.6) is 5.75 Å². The molecule has 0 bridgehead atoms. The second kappa shape index (κ2) is 9.43. The predicted molar refractivity (Wildman–Crippen MR) is 95.0 cm³/mol. The van der Waals surface area contributed by atoms with Gasteiger partial charge in [0.15, 0.2) is 6.61 Å². The third-order valence-electron chi connectivity index (χ3n) is 3.17. The first-order valence-electron chi connectivity index (χ1n) is 7.75. The van der Waals surface area contributed by atoms with E-state index >= 15 is 0 Å². The maximum absolute atomic E-state index is 11.9. The highest BCUT2D eigenvalue weighted by molar-refractivity contribution is 6.33. The van der Waals surface area contributed by atoms with Crippen molar-refractivity contribution in [1.82, 2.24) is 10.9 Å². The van der Waals surface area contributed by atoms with Gasteiger partial charge in [-0.15, -0.1) is 0 Å². The second-order valence-corrected chi connectivity index (χ2v) is 5.42. The molecule has 2 aromatic rings. The highest BCUT2D eigenvalue weighted by Gasteiger charge is 2.11. The molecule has 0 radical (unpaired) electrons. The zero-order valence-electron chi connectivity index (χ0n) is 14.0. The summed E-state index contributed by atoms with van der Waals surface area (Å²) in [6.45, 7) is 1.69. The first kappa shape index (κ1) is 19.3. The normalized spacial score (nSPS) is 9.92. The van der Waals surface area contributed by atoms with Crippen LogP contribution < -0.4 is 15.6 Å². The molecule has 2 N–H and O–H groups in total. The Morgan fingerprint density at radius 3 is 2.35 bits per heavy atom. The molecule has 0 spiro atoms. The molecule has 8 heteroatoms. The molecule has 0 aliphatic rings. The number of esters is 1. The summed E-state index contributed by atoms with van der Waals surface area (Å²) in [4.78, 5) is 35.2. The van der Waals surface area contributed by atoms with Crippen LogP contribution in [-0.4, -0.2) is 31.0 Å². The van der Waals surface area contributed by atoms with Crippen molar-refractivity contribution in [3.8, 4) is 5.75 Å². The Hall–Kier alpha value is -3.06. The molecule has 0 aromatic heterocycles. The largest absolute Gasteiger partial charge is 0.484 e. The highest BCUT2D eigenvalue weighted by Crippen LogP contribution is 2.14. The summed E-state index contributed by atoms with van der Waals surface area (Å²) in [5.41, 5.74) is 5.10. The minimum absolute atomic E-state index is 0.241. The molecule has 0 unspecified atom stereocenters. The molecule has 2 rings (SSSR count). The molecule has 7 nitrogen and oxygen atoms in total. The van der Waals surface area contributed by atoms with Crippen LogP contribution in [0.1, 0.15) is 27.6 Å². The van der Waals surface area contributed by atoms with Gasteiger partial charge in [-0.25, -0.2) is 4.79 Å². The summed E-state index contributed by atoms with van der Waals surface area (Å²) in [7, 11) is 0. The van der Waals surface area contributed by atoms with Gasteiger partial charge in [0, 0.05) is 0 Å². The van der Waals surface area contributed by atoms with Gasteiger partial charge in [-0.1, -0.05) is 23.7 Å². The number of rotatable bonds is 6. The van der Waals surface area contributed by atoms with Crippen LogP contribution in [0.15, 0.2) is 48.5 Å². The van der Waals surface area contributed by atoms with E-state index in [9.17, 15) is 14.4 Å². The monoisotopic (exact) mass is 376 g/mol. The Labute approximate surface area is 155 Å². The van der Waals surface area contributed by atoms with Crippen molar-refractivity contribution < 1.29 is 23.9 Å². The first-order chi connectivity index (χ1) is 12.5. The molecule has 2 amide bonds. The third kappa shape index (κ3) is 5.49. The lowest BCUT2D eigenvalue weighted by Gasteiger charge is -2.10. The van der Waals surface area contributed by atoms with E-state index in [1.165, 1.54) is 18.2 Å². The number of halogens is 1. The van der Waals surface area contributed by atoms with E-state index in [-0.39, 0.29) is 23.8 Å². The zero-order chi connectivity index (χ0) is 18.9. The minimum atomic E-state index is -0.556. The number of benzene rings is 2. The summed E-state index contributed by atoms with van der Waals surface area (Å²) in [5, 5.41) is 0.275. The van der Waals surface area contributed by atoms with E-state index in [0.29, 0.717) is 11.3 Å². The Morgan fingerprint density at radius 2 is 1.69 bits per heavy atom. The van der Waals surface area contributed by atoms with Gasteiger partial charge in [0.2, 0.25) is 0 Å². The molecule has 0 atom stereocenters. The van der Waals surface area contributed by atoms with Crippen molar-refractivity contribution in [1.29, 1.82) is 0 Å². The predicted octanol–water partition coefficient (Wildman–Crippen LogP) is 2.36. The van der Waals surface area contributed by atoms with Gasteiger partial charge in [0.05, 0.1) is 22.8 Å². The quantitative estimate of drug-likeness (QED) is 0.596. The van der Waals surface area contributed by atoms with E-state index < -0.39 is 17.8 Å². The van der Waals surface area contributed by atoms with Gasteiger partial charge in [-0.05, 0) is 43.3 Å². The van der Waals surface area contributed by atoms with Crippen molar-refractivity contribution in [3.05, 3.63) is 64.7 Å². The maximum Gasteiger partial charge on any atom is 0.338 e. The Kier molecular flexibility index (Phi) is 6.99. The summed E-state index contributed by atoms with van der Waals surface area (Å²) < 4.78 is 10.2. The fourth-order valence-corrected chi connectivity index (χ4v) is 2.15. The van der Waals surface area contributed by atoms with Gasteiger partial charge >= 0.3 is 5.97 Å². The van der Waals surface area contributed by atoms with E-state index in [1.807, 2.05) is 0 Å². The summed E-state index contributed by atoms with van der Waals surface area (Å²) in [6, 6.07) is 12.6. The molecule has 26 heavy (non-hydrogen) atoms. The molecule has 2 aromatic carbocycles. The van der Waals surface area contributed by atoms with Crippen LogP contribution in [0.25, 0.3) is 0 Å². The fraction of sp³-hybridized carbons (Fsp3) is 0.167. The van der Waals surface area contributed by atoms with E-state index in [0.717, 1.165) is 0 Å². The molecule has 0 saturated carbocycles. The van der Waals surface area contributed by atoms with Crippen molar-refractivity contribution in [3.63, 3.8) is 0 Å². The number of hydrazine groups is 1. The van der Waals surface area contributed by atoms with Gasteiger partial charge < -0.3 is 9.47 Å². The number of amides is 2. The van der Waals surface area contributed by atoms with Gasteiger partial charge in [0.1, 0.15) is 5.75 Å². The average Bonchev–Trinajstić information content (AvgIpc) is 2.65. The van der Waals surface area contributed by atoms with Gasteiger partial charge in [0.25, 0.3) is 11.8 Å². The van der Waals surface area contributed by atoms with Crippen molar-refractivity contribution in [2.24, 2.45) is 0 Å². The minimum Gasteiger partial charge on any atom is -0.484 e. The number of carbonyl (C=O) groups is 3. The molecular weight excluding hydrogens is 360 g/mol. The van der Waals surface area contributed by atoms with Crippen LogP contribution in [0.3, 0.4) is 0 Å². The molecule has 0 heterocycles. The van der Waals surface area contributed by atoms with E-state index in [4.69, 9.17) is 21.1 Å². The van der Waals surface area contributed by atoms with Crippen molar-refractivity contribution in [2.75, 3.05) is 13.2 Å². The molecular formula is C18H17ClN2O5. The Morgan fingerprint density at radius 1 is 1.00 bits per heavy atom. The van der Waals surface area contributed by atoms with Crippen molar-refractivity contribution in [2.45, 2.75) is 6.92 Å². The van der Waals surface area contributed by atoms with Crippen molar-refractivity contribution >= 4 is 29.4 Å². The smallest absolute Gasteiger partial charge is 0.338 e. The first-order valence-corrected chi connectivity index (χ1v) is 8.12. The van der Waals surface area contributed by atoms with Gasteiger partial charge in [-0.2, -0.15) is 0 Å². The number of nitrogens with one attached hydrogen (secondary N) is 2. The van der Waals surface area contributed by atoms with Gasteiger partial charge in [-0.3, -0.25) is 20.4 Å². The summed E-state index contributed by atoms with van der Waals surface area (Å²) >= 11 is 5.90. The van der Waals surface area contributed by atoms with Crippen LogP contribution >= 0.6 is 11.6 Å². The lowest BCUT2D eigenvalue weighted by molar-refractivity contribution is -0.123. The van der Waals surface area contributed by atoms with Crippen LogP contribution in [0.4, 0.5) is 0 Å². The molecule has 0 saturated heterocycles. The number of ether oxygens (including phenoxy) is 2. The fourth-order valence-electron chi connectivity index (χ4n) is 1.93. The number of hydrogen-bond acceptors (Lipinski definition) is 5. The lowest BCUT2D eigenvalue weighted by Crippen LogP contribution is -2.43. The highest BCUT2D eigenvalue weighted by atomic mass is 35.5. The Bertz CT molecular complexity index is 792. The molecule has 0 fully saturated rings. The molecule has 136 valence electrons. The van der Waals surface area contributed by atoms with Crippen LogP contribution in [0.2, 0.25) is 5.02 Å². The van der Waals surface area contributed by atoms with E-state index in [1.54, 1.807) is 37.3 Å². The average molecular weight is 377 g/mol. The topological polar surface area (TPSA) is 93.7 Å². The Balaban J connectivity index is 1.79. The standard InChI is InChI=1S/C18H17ClN2O5/c1-2-25-18(24)12-7-9-13(10-8-12)26-11-16(22)20-21-17(23)14-5-3-4-6-15(14)19/h3-10H,2,11H2,1H3,(H,20,22)(H,21,23).